The predicted octanol–water partition coefficient (Wildman–Crippen LogP) is 3.31. The van der Waals surface area contributed by atoms with E-state index < -0.39 is 0 Å². The molecular weight excluding hydrogens is 148 g/mol. The maximum Gasteiger partial charge on any atom is 0.0853 e. The summed E-state index contributed by atoms with van der Waals surface area (Å²) >= 11 is 0. The van der Waals surface area contributed by atoms with Gasteiger partial charge in [0.25, 0.3) is 0 Å². The number of ether oxygens (including phenoxy) is 1. The molecule has 12 heavy (non-hydrogen) atoms. The first kappa shape index (κ1) is 11.0. The second-order valence-corrected chi connectivity index (χ2v) is 2.84. The third-order valence-electron chi connectivity index (χ3n) is 1.46. The lowest BCUT2D eigenvalue weighted by molar-refractivity contribution is 0.335. The fourth-order valence-corrected chi connectivity index (χ4v) is 0.896. The summed E-state index contributed by atoms with van der Waals surface area (Å²) in [6, 6.07) is 0. The van der Waals surface area contributed by atoms with Gasteiger partial charge in [-0.3, -0.25) is 0 Å². The van der Waals surface area contributed by atoms with Gasteiger partial charge in [0, 0.05) is 0 Å². The number of hydrogen-bond donors (Lipinski definition) is 0. The van der Waals surface area contributed by atoms with Crippen LogP contribution in [0.5, 0.6) is 0 Å². The minimum atomic E-state index is 0.496. The maximum atomic E-state index is 4.86. The van der Waals surface area contributed by atoms with E-state index in [9.17, 15) is 0 Å². The van der Waals surface area contributed by atoms with Crippen molar-refractivity contribution in [1.82, 2.24) is 0 Å². The molecule has 0 spiro atoms. The molecule has 0 aliphatic carbocycles. The third-order valence-corrected chi connectivity index (χ3v) is 1.46. The lowest BCUT2D eigenvalue weighted by atomic mass is 10.1. The highest BCUT2D eigenvalue weighted by Gasteiger charge is 1.87. The Hall–Kier alpha value is -0.980. The van der Waals surface area contributed by atoms with Gasteiger partial charge in [0.2, 0.25) is 0 Å². The zero-order valence-electron chi connectivity index (χ0n) is 8.37. The monoisotopic (exact) mass is 166 g/mol. The quantitative estimate of drug-likeness (QED) is 0.354. The summed E-state index contributed by atoms with van der Waals surface area (Å²) in [5, 5.41) is 0. The SMILES string of the molecule is CC=CC(C)C=CC(C)=COC. The van der Waals surface area contributed by atoms with Gasteiger partial charge in [-0.15, -0.1) is 0 Å². The molecule has 0 saturated heterocycles. The second kappa shape index (κ2) is 6.71. The highest BCUT2D eigenvalue weighted by molar-refractivity contribution is 5.15. The Kier molecular flexibility index (Phi) is 6.16. The van der Waals surface area contributed by atoms with E-state index in [0.29, 0.717) is 5.92 Å². The van der Waals surface area contributed by atoms with E-state index in [0.717, 1.165) is 5.57 Å². The largest absolute Gasteiger partial charge is 0.504 e. The van der Waals surface area contributed by atoms with Crippen molar-refractivity contribution in [2.45, 2.75) is 20.8 Å². The molecule has 0 radical (unpaired) electrons. The first-order valence-corrected chi connectivity index (χ1v) is 4.21. The Balaban J connectivity index is 3.97. The topological polar surface area (TPSA) is 9.23 Å². The lowest BCUT2D eigenvalue weighted by Gasteiger charge is -1.96. The number of allylic oxidation sites excluding steroid dienone is 5. The van der Waals surface area contributed by atoms with Crippen molar-refractivity contribution in [3.8, 4) is 0 Å². The van der Waals surface area contributed by atoms with Gasteiger partial charge < -0.3 is 4.74 Å². The molecule has 1 unspecified atom stereocenters. The molecule has 0 bridgehead atoms. The van der Waals surface area contributed by atoms with Crippen LogP contribution < -0.4 is 0 Å². The van der Waals surface area contributed by atoms with Crippen molar-refractivity contribution in [2.24, 2.45) is 5.92 Å². The Morgan fingerprint density at radius 1 is 1.33 bits per heavy atom. The van der Waals surface area contributed by atoms with Crippen LogP contribution in [-0.2, 0) is 4.74 Å². The highest BCUT2D eigenvalue weighted by Crippen LogP contribution is 2.03. The summed E-state index contributed by atoms with van der Waals surface area (Å²) in [6.45, 7) is 6.20. The summed E-state index contributed by atoms with van der Waals surface area (Å²) in [6.07, 6.45) is 10.2. The second-order valence-electron chi connectivity index (χ2n) is 2.84. The molecule has 1 heteroatoms. The van der Waals surface area contributed by atoms with Gasteiger partial charge in [-0.2, -0.15) is 0 Å². The van der Waals surface area contributed by atoms with Crippen molar-refractivity contribution >= 4 is 0 Å². The number of rotatable bonds is 4. The Labute approximate surface area is 75.4 Å². The molecule has 0 rings (SSSR count). The van der Waals surface area contributed by atoms with Gasteiger partial charge in [-0.25, -0.2) is 0 Å². The van der Waals surface area contributed by atoms with Crippen LogP contribution in [-0.4, -0.2) is 7.11 Å². The molecule has 0 aromatic rings. The zero-order chi connectivity index (χ0) is 9.40. The maximum absolute atomic E-state index is 4.86. The molecule has 0 saturated carbocycles. The van der Waals surface area contributed by atoms with Crippen LogP contribution in [0.15, 0.2) is 36.1 Å². The zero-order valence-corrected chi connectivity index (χ0v) is 8.37. The Morgan fingerprint density at radius 2 is 2.00 bits per heavy atom. The Morgan fingerprint density at radius 3 is 2.50 bits per heavy atom. The summed E-state index contributed by atoms with van der Waals surface area (Å²) in [4.78, 5) is 0. The smallest absolute Gasteiger partial charge is 0.0853 e. The van der Waals surface area contributed by atoms with Crippen LogP contribution in [0.25, 0.3) is 0 Å². The molecule has 0 fully saturated rings. The number of methoxy groups -OCH3 is 1. The van der Waals surface area contributed by atoms with Gasteiger partial charge >= 0.3 is 0 Å². The molecule has 0 aromatic carbocycles. The molecular formula is C11H18O. The minimum Gasteiger partial charge on any atom is -0.504 e. The molecule has 1 atom stereocenters. The van der Waals surface area contributed by atoms with Crippen LogP contribution >= 0.6 is 0 Å². The first-order chi connectivity index (χ1) is 5.70. The van der Waals surface area contributed by atoms with Gasteiger partial charge in [-0.05, 0) is 25.3 Å². The van der Waals surface area contributed by atoms with Crippen molar-refractivity contribution in [2.75, 3.05) is 7.11 Å². The highest BCUT2D eigenvalue weighted by atomic mass is 16.5. The van der Waals surface area contributed by atoms with Crippen molar-refractivity contribution in [3.63, 3.8) is 0 Å². The lowest BCUT2D eigenvalue weighted by Crippen LogP contribution is -1.81. The van der Waals surface area contributed by atoms with E-state index >= 15 is 0 Å². The van der Waals surface area contributed by atoms with E-state index in [1.54, 1.807) is 13.4 Å². The molecule has 0 aliphatic rings. The average Bonchev–Trinajstić information content (AvgIpc) is 2.02. The molecule has 0 aromatic heterocycles. The van der Waals surface area contributed by atoms with E-state index in [1.165, 1.54) is 0 Å². The van der Waals surface area contributed by atoms with Crippen LogP contribution in [0.3, 0.4) is 0 Å². The van der Waals surface area contributed by atoms with Gasteiger partial charge in [-0.1, -0.05) is 31.2 Å². The van der Waals surface area contributed by atoms with Gasteiger partial charge in [0.05, 0.1) is 13.4 Å². The molecule has 0 amide bonds. The molecule has 1 nitrogen and oxygen atoms in total. The standard InChI is InChI=1S/C11H18O/c1-5-6-10(2)7-8-11(3)9-12-4/h5-10H,1-4H3. The van der Waals surface area contributed by atoms with Gasteiger partial charge in [0.1, 0.15) is 0 Å². The summed E-state index contributed by atoms with van der Waals surface area (Å²) in [5.74, 6) is 0.496. The Bertz CT molecular complexity index is 187. The van der Waals surface area contributed by atoms with Crippen molar-refractivity contribution in [1.29, 1.82) is 0 Å². The van der Waals surface area contributed by atoms with E-state index in [-0.39, 0.29) is 0 Å². The van der Waals surface area contributed by atoms with Crippen LogP contribution in [0.2, 0.25) is 0 Å². The van der Waals surface area contributed by atoms with Gasteiger partial charge in [0.15, 0.2) is 0 Å². The summed E-state index contributed by atoms with van der Waals surface area (Å²) in [7, 11) is 1.66. The van der Waals surface area contributed by atoms with Crippen molar-refractivity contribution < 1.29 is 4.74 Å². The normalized spacial score (nSPS) is 15.8. The van der Waals surface area contributed by atoms with E-state index in [2.05, 4.69) is 31.2 Å². The molecule has 0 aliphatic heterocycles. The van der Waals surface area contributed by atoms with Crippen LogP contribution in [0.1, 0.15) is 20.8 Å². The van der Waals surface area contributed by atoms with E-state index in [1.807, 2.05) is 13.8 Å². The third kappa shape index (κ3) is 5.78. The number of hydrogen-bond acceptors (Lipinski definition) is 1. The molecule has 0 heterocycles. The molecule has 68 valence electrons. The molecule has 0 N–H and O–H groups in total. The van der Waals surface area contributed by atoms with Crippen LogP contribution in [0.4, 0.5) is 0 Å². The summed E-state index contributed by atoms with van der Waals surface area (Å²) in [5.41, 5.74) is 1.13. The minimum absolute atomic E-state index is 0.496. The first-order valence-electron chi connectivity index (χ1n) is 4.21. The average molecular weight is 166 g/mol. The van der Waals surface area contributed by atoms with Crippen LogP contribution in [0, 0.1) is 5.92 Å². The van der Waals surface area contributed by atoms with Crippen molar-refractivity contribution in [3.05, 3.63) is 36.1 Å². The van der Waals surface area contributed by atoms with E-state index in [4.69, 9.17) is 4.74 Å². The summed E-state index contributed by atoms with van der Waals surface area (Å²) < 4.78 is 4.86. The fraction of sp³-hybridized carbons (Fsp3) is 0.455. The predicted molar refractivity (Wildman–Crippen MR) is 53.9 cm³/mol. The fourth-order valence-electron chi connectivity index (χ4n) is 0.896.